The van der Waals surface area contributed by atoms with Crippen LogP contribution in [0.5, 0.6) is 11.5 Å². The predicted octanol–water partition coefficient (Wildman–Crippen LogP) is 3.09. The zero-order valence-electron chi connectivity index (χ0n) is 14.0. The van der Waals surface area contributed by atoms with Crippen LogP contribution in [0, 0.1) is 0 Å². The van der Waals surface area contributed by atoms with Crippen LogP contribution in [0.15, 0.2) is 36.4 Å². The molecule has 0 saturated heterocycles. The van der Waals surface area contributed by atoms with Crippen molar-refractivity contribution in [2.75, 3.05) is 20.0 Å². The average Bonchev–Trinajstić information content (AvgIpc) is 2.61. The van der Waals surface area contributed by atoms with Crippen LogP contribution in [0.2, 0.25) is 0 Å². The Balaban J connectivity index is 1.86. The third-order valence-electron chi connectivity index (χ3n) is 4.44. The van der Waals surface area contributed by atoms with Crippen molar-refractivity contribution in [2.24, 2.45) is 0 Å². The van der Waals surface area contributed by atoms with Gasteiger partial charge in [0.1, 0.15) is 11.5 Å². The summed E-state index contributed by atoms with van der Waals surface area (Å²) in [6, 6.07) is 11.1. The molecule has 0 spiro atoms. The predicted molar refractivity (Wildman–Crippen MR) is 93.5 cm³/mol. The number of rotatable bonds is 4. The molecule has 3 rings (SSSR count). The molecule has 2 aromatic rings. The molecule has 0 aromatic heterocycles. The Labute approximate surface area is 141 Å². The Morgan fingerprint density at radius 1 is 1.17 bits per heavy atom. The number of nitrogens with one attached hydrogen (secondary N) is 1. The molecule has 0 radical (unpaired) electrons. The summed E-state index contributed by atoms with van der Waals surface area (Å²) in [5, 5.41) is 3.12. The van der Waals surface area contributed by atoms with Crippen LogP contribution in [0.1, 0.15) is 40.4 Å². The summed E-state index contributed by atoms with van der Waals surface area (Å²) < 4.78 is 10.5. The van der Waals surface area contributed by atoms with Crippen molar-refractivity contribution in [3.8, 4) is 11.5 Å². The third-order valence-corrected chi connectivity index (χ3v) is 4.44. The zero-order valence-corrected chi connectivity index (χ0v) is 14.0. The van der Waals surface area contributed by atoms with Gasteiger partial charge < -0.3 is 20.5 Å². The molecule has 0 fully saturated rings. The average molecular weight is 326 g/mol. The van der Waals surface area contributed by atoms with Crippen molar-refractivity contribution < 1.29 is 14.3 Å². The normalized spacial score (nSPS) is 16.2. The lowest BCUT2D eigenvalue weighted by Gasteiger charge is -2.27. The molecule has 126 valence electrons. The monoisotopic (exact) mass is 326 g/mol. The molecule has 1 amide bonds. The van der Waals surface area contributed by atoms with Crippen molar-refractivity contribution >= 4 is 11.6 Å². The number of anilines is 1. The SMILES string of the molecule is COc1ccc(OC)c(C(=O)NC2CCCc3cc(N)ccc32)c1. The summed E-state index contributed by atoms with van der Waals surface area (Å²) in [6.45, 7) is 0. The summed E-state index contributed by atoms with van der Waals surface area (Å²) in [5.41, 5.74) is 9.46. The minimum absolute atomic E-state index is 0.0160. The maximum absolute atomic E-state index is 12.8. The van der Waals surface area contributed by atoms with Crippen LogP contribution < -0.4 is 20.5 Å². The fourth-order valence-electron chi connectivity index (χ4n) is 3.21. The van der Waals surface area contributed by atoms with E-state index in [0.717, 1.165) is 30.5 Å². The van der Waals surface area contributed by atoms with Gasteiger partial charge in [-0.1, -0.05) is 6.07 Å². The van der Waals surface area contributed by atoms with Crippen LogP contribution in [-0.4, -0.2) is 20.1 Å². The van der Waals surface area contributed by atoms with Gasteiger partial charge in [0.05, 0.1) is 25.8 Å². The molecule has 1 aliphatic carbocycles. The number of nitrogen functional groups attached to an aromatic ring is 1. The van der Waals surface area contributed by atoms with E-state index < -0.39 is 0 Å². The lowest BCUT2D eigenvalue weighted by atomic mass is 9.87. The number of amides is 1. The van der Waals surface area contributed by atoms with Crippen molar-refractivity contribution in [1.29, 1.82) is 0 Å². The van der Waals surface area contributed by atoms with Crippen molar-refractivity contribution in [3.63, 3.8) is 0 Å². The van der Waals surface area contributed by atoms with E-state index >= 15 is 0 Å². The highest BCUT2D eigenvalue weighted by molar-refractivity contribution is 5.97. The van der Waals surface area contributed by atoms with E-state index in [0.29, 0.717) is 17.1 Å². The van der Waals surface area contributed by atoms with Gasteiger partial charge in [-0.15, -0.1) is 0 Å². The first kappa shape index (κ1) is 16.2. The highest BCUT2D eigenvalue weighted by atomic mass is 16.5. The second-order valence-corrected chi connectivity index (χ2v) is 5.94. The maximum Gasteiger partial charge on any atom is 0.255 e. The Hall–Kier alpha value is -2.69. The van der Waals surface area contributed by atoms with E-state index in [-0.39, 0.29) is 11.9 Å². The molecule has 0 aliphatic heterocycles. The van der Waals surface area contributed by atoms with E-state index in [1.54, 1.807) is 32.4 Å². The minimum atomic E-state index is -0.166. The largest absolute Gasteiger partial charge is 0.497 e. The first-order valence-corrected chi connectivity index (χ1v) is 8.03. The number of carbonyl (C=O) groups excluding carboxylic acids is 1. The molecule has 1 aliphatic rings. The zero-order chi connectivity index (χ0) is 17.1. The second-order valence-electron chi connectivity index (χ2n) is 5.94. The number of methoxy groups -OCH3 is 2. The molecular weight excluding hydrogens is 304 g/mol. The summed E-state index contributed by atoms with van der Waals surface area (Å²) >= 11 is 0. The summed E-state index contributed by atoms with van der Waals surface area (Å²) in [5.74, 6) is 0.986. The van der Waals surface area contributed by atoms with Crippen LogP contribution >= 0.6 is 0 Å². The molecule has 0 saturated carbocycles. The van der Waals surface area contributed by atoms with Gasteiger partial charge in [-0.25, -0.2) is 0 Å². The standard InChI is InChI=1S/C19H22N2O3/c1-23-14-7-9-18(24-2)16(11-14)19(22)21-17-5-3-4-12-10-13(20)6-8-15(12)17/h6-11,17H,3-5,20H2,1-2H3,(H,21,22). The van der Waals surface area contributed by atoms with Crippen LogP contribution in [0.25, 0.3) is 0 Å². The molecule has 5 heteroatoms. The lowest BCUT2D eigenvalue weighted by molar-refractivity contribution is 0.0929. The topological polar surface area (TPSA) is 73.6 Å². The smallest absolute Gasteiger partial charge is 0.255 e. The van der Waals surface area contributed by atoms with Gasteiger partial charge in [0.15, 0.2) is 0 Å². The van der Waals surface area contributed by atoms with Gasteiger partial charge in [0.2, 0.25) is 0 Å². The van der Waals surface area contributed by atoms with Crippen molar-refractivity contribution in [1.82, 2.24) is 5.32 Å². The summed E-state index contributed by atoms with van der Waals surface area (Å²) in [4.78, 5) is 12.8. The lowest BCUT2D eigenvalue weighted by Crippen LogP contribution is -2.31. The van der Waals surface area contributed by atoms with E-state index in [1.807, 2.05) is 18.2 Å². The number of hydrogen-bond donors (Lipinski definition) is 2. The third kappa shape index (κ3) is 3.15. The van der Waals surface area contributed by atoms with Gasteiger partial charge in [0, 0.05) is 5.69 Å². The molecule has 0 bridgehead atoms. The number of fused-ring (bicyclic) bond motifs is 1. The van der Waals surface area contributed by atoms with Crippen LogP contribution in [0.4, 0.5) is 5.69 Å². The van der Waals surface area contributed by atoms with E-state index in [2.05, 4.69) is 5.32 Å². The van der Waals surface area contributed by atoms with Gasteiger partial charge in [-0.05, 0) is 60.7 Å². The Morgan fingerprint density at radius 2 is 2.00 bits per heavy atom. The van der Waals surface area contributed by atoms with E-state index in [1.165, 1.54) is 5.56 Å². The fourth-order valence-corrected chi connectivity index (χ4v) is 3.21. The van der Waals surface area contributed by atoms with Crippen LogP contribution in [0.3, 0.4) is 0 Å². The summed E-state index contributed by atoms with van der Waals surface area (Å²) in [6.07, 6.45) is 2.93. The number of nitrogens with two attached hydrogens (primary N) is 1. The number of aryl methyl sites for hydroxylation is 1. The Morgan fingerprint density at radius 3 is 2.75 bits per heavy atom. The Bertz CT molecular complexity index is 758. The summed E-state index contributed by atoms with van der Waals surface area (Å²) in [7, 11) is 3.13. The molecule has 3 N–H and O–H groups in total. The fraction of sp³-hybridized carbons (Fsp3) is 0.316. The van der Waals surface area contributed by atoms with E-state index in [4.69, 9.17) is 15.2 Å². The highest BCUT2D eigenvalue weighted by Crippen LogP contribution is 2.32. The number of hydrogen-bond acceptors (Lipinski definition) is 4. The minimum Gasteiger partial charge on any atom is -0.497 e. The molecule has 1 atom stereocenters. The van der Waals surface area contributed by atoms with Crippen LogP contribution in [-0.2, 0) is 6.42 Å². The first-order valence-electron chi connectivity index (χ1n) is 8.03. The van der Waals surface area contributed by atoms with Gasteiger partial charge in [-0.3, -0.25) is 4.79 Å². The molecule has 24 heavy (non-hydrogen) atoms. The molecule has 0 heterocycles. The van der Waals surface area contributed by atoms with E-state index in [9.17, 15) is 4.79 Å². The van der Waals surface area contributed by atoms with Gasteiger partial charge in [0.25, 0.3) is 5.91 Å². The van der Waals surface area contributed by atoms with Crippen molar-refractivity contribution in [2.45, 2.75) is 25.3 Å². The Kier molecular flexibility index (Phi) is 4.60. The molecule has 2 aromatic carbocycles. The number of carbonyl (C=O) groups is 1. The quantitative estimate of drug-likeness (QED) is 0.847. The second kappa shape index (κ2) is 6.83. The van der Waals surface area contributed by atoms with Crippen molar-refractivity contribution in [3.05, 3.63) is 53.1 Å². The van der Waals surface area contributed by atoms with Gasteiger partial charge >= 0.3 is 0 Å². The molecule has 5 nitrogen and oxygen atoms in total. The number of benzene rings is 2. The maximum atomic E-state index is 12.8. The van der Waals surface area contributed by atoms with Gasteiger partial charge in [-0.2, -0.15) is 0 Å². The first-order chi connectivity index (χ1) is 11.6. The highest BCUT2D eigenvalue weighted by Gasteiger charge is 2.24. The molecular formula is C19H22N2O3. The number of ether oxygens (including phenoxy) is 2. The molecule has 1 unspecified atom stereocenters.